The predicted octanol–water partition coefficient (Wildman–Crippen LogP) is 0.658. The third-order valence-corrected chi connectivity index (χ3v) is 3.60. The van der Waals surface area contributed by atoms with Crippen molar-refractivity contribution in [2.45, 2.75) is 19.9 Å². The topological polar surface area (TPSA) is 106 Å². The zero-order valence-electron chi connectivity index (χ0n) is 13.0. The van der Waals surface area contributed by atoms with Crippen LogP contribution in [-0.2, 0) is 9.47 Å². The van der Waals surface area contributed by atoms with Gasteiger partial charge in [0, 0.05) is 12.7 Å². The van der Waals surface area contributed by atoms with Crippen molar-refractivity contribution in [2.75, 3.05) is 31.3 Å². The molecule has 122 valence electrons. The molecule has 1 atom stereocenters. The van der Waals surface area contributed by atoms with Crippen LogP contribution in [0.2, 0.25) is 0 Å². The van der Waals surface area contributed by atoms with Gasteiger partial charge >= 0.3 is 5.97 Å². The number of hydrogen-bond acceptors (Lipinski definition) is 8. The Morgan fingerprint density at radius 1 is 1.52 bits per heavy atom. The molecule has 0 radical (unpaired) electrons. The van der Waals surface area contributed by atoms with Crippen molar-refractivity contribution in [2.24, 2.45) is 0 Å². The lowest BCUT2D eigenvalue weighted by Gasteiger charge is -2.34. The van der Waals surface area contributed by atoms with Gasteiger partial charge in [0.1, 0.15) is 18.2 Å². The zero-order valence-corrected chi connectivity index (χ0v) is 13.0. The lowest BCUT2D eigenvalue weighted by molar-refractivity contribution is 0.0524. The number of ether oxygens (including phenoxy) is 2. The summed E-state index contributed by atoms with van der Waals surface area (Å²) in [6.07, 6.45) is 2.96. The average Bonchev–Trinajstić information content (AvgIpc) is 3.09. The summed E-state index contributed by atoms with van der Waals surface area (Å²) in [5.41, 5.74) is 0.955. The Balaban J connectivity index is 1.87. The van der Waals surface area contributed by atoms with Gasteiger partial charge in [0.25, 0.3) is 0 Å². The largest absolute Gasteiger partial charge is 0.462 e. The Morgan fingerprint density at radius 2 is 2.39 bits per heavy atom. The van der Waals surface area contributed by atoms with E-state index in [1.165, 1.54) is 12.5 Å². The van der Waals surface area contributed by atoms with Crippen molar-refractivity contribution in [1.82, 2.24) is 25.1 Å². The minimum absolute atomic E-state index is 0.140. The van der Waals surface area contributed by atoms with Gasteiger partial charge in [0.15, 0.2) is 0 Å². The first-order valence-corrected chi connectivity index (χ1v) is 7.41. The fourth-order valence-electron chi connectivity index (χ4n) is 2.45. The molecule has 1 unspecified atom stereocenters. The molecule has 9 heteroatoms. The number of morpholine rings is 1. The number of hydrogen-bond donors (Lipinski definition) is 1. The highest BCUT2D eigenvalue weighted by molar-refractivity contribution is 5.90. The van der Waals surface area contributed by atoms with E-state index in [0.717, 1.165) is 0 Å². The van der Waals surface area contributed by atoms with E-state index in [9.17, 15) is 4.79 Å². The molecule has 1 N–H and O–H groups in total. The summed E-state index contributed by atoms with van der Waals surface area (Å²) in [4.78, 5) is 26.8. The quantitative estimate of drug-likeness (QED) is 0.819. The van der Waals surface area contributed by atoms with Gasteiger partial charge in [-0.05, 0) is 13.8 Å². The first-order chi connectivity index (χ1) is 11.2. The van der Waals surface area contributed by atoms with E-state index in [-0.39, 0.29) is 6.04 Å². The number of esters is 1. The van der Waals surface area contributed by atoms with Crippen molar-refractivity contribution in [3.05, 3.63) is 29.6 Å². The molecule has 1 saturated heterocycles. The fourth-order valence-corrected chi connectivity index (χ4v) is 2.45. The molecule has 0 spiro atoms. The van der Waals surface area contributed by atoms with Gasteiger partial charge in [-0.25, -0.2) is 19.7 Å². The van der Waals surface area contributed by atoms with Crippen LogP contribution in [-0.4, -0.2) is 57.5 Å². The number of aryl methyl sites for hydroxylation is 1. The summed E-state index contributed by atoms with van der Waals surface area (Å²) in [5.74, 6) is 0.811. The molecule has 0 saturated carbocycles. The van der Waals surface area contributed by atoms with E-state index in [2.05, 4.69) is 25.1 Å². The number of aromatic amines is 1. The summed E-state index contributed by atoms with van der Waals surface area (Å²) in [6.45, 7) is 5.52. The first kappa shape index (κ1) is 15.3. The Labute approximate surface area is 133 Å². The van der Waals surface area contributed by atoms with Gasteiger partial charge in [-0.15, -0.1) is 0 Å². The van der Waals surface area contributed by atoms with Crippen molar-refractivity contribution in [3.63, 3.8) is 0 Å². The van der Waals surface area contributed by atoms with E-state index in [0.29, 0.717) is 49.4 Å². The zero-order chi connectivity index (χ0) is 16.2. The smallest absolute Gasteiger partial charge is 0.341 e. The van der Waals surface area contributed by atoms with Gasteiger partial charge in [-0.3, -0.25) is 5.10 Å². The van der Waals surface area contributed by atoms with Crippen LogP contribution in [0.3, 0.4) is 0 Å². The van der Waals surface area contributed by atoms with Crippen LogP contribution < -0.4 is 4.90 Å². The Morgan fingerprint density at radius 3 is 3.09 bits per heavy atom. The normalized spacial score (nSPS) is 18.0. The molecule has 0 aromatic carbocycles. The molecule has 3 heterocycles. The van der Waals surface area contributed by atoms with Gasteiger partial charge < -0.3 is 14.4 Å². The number of aromatic nitrogens is 5. The van der Waals surface area contributed by atoms with Crippen LogP contribution in [0.1, 0.15) is 34.8 Å². The van der Waals surface area contributed by atoms with Crippen LogP contribution in [0.5, 0.6) is 0 Å². The highest BCUT2D eigenvalue weighted by atomic mass is 16.5. The molecule has 1 aliphatic heterocycles. The maximum Gasteiger partial charge on any atom is 0.341 e. The molecule has 9 nitrogen and oxygen atoms in total. The van der Waals surface area contributed by atoms with Crippen molar-refractivity contribution < 1.29 is 14.3 Å². The van der Waals surface area contributed by atoms with E-state index in [1.54, 1.807) is 13.8 Å². The summed E-state index contributed by atoms with van der Waals surface area (Å²) in [6, 6.07) is -0.140. The summed E-state index contributed by atoms with van der Waals surface area (Å²) < 4.78 is 10.5. The molecule has 0 amide bonds. The van der Waals surface area contributed by atoms with E-state index in [4.69, 9.17) is 9.47 Å². The molecule has 2 aromatic heterocycles. The number of rotatable bonds is 4. The lowest BCUT2D eigenvalue weighted by Crippen LogP contribution is -2.41. The number of nitrogens with zero attached hydrogens (tertiary/aromatic N) is 5. The second-order valence-electron chi connectivity index (χ2n) is 5.04. The van der Waals surface area contributed by atoms with Gasteiger partial charge in [0.2, 0.25) is 5.95 Å². The number of H-pyrrole nitrogens is 1. The van der Waals surface area contributed by atoms with Crippen molar-refractivity contribution >= 4 is 11.9 Å². The third kappa shape index (κ3) is 3.14. The second-order valence-corrected chi connectivity index (χ2v) is 5.04. The van der Waals surface area contributed by atoms with Gasteiger partial charge in [-0.2, -0.15) is 5.10 Å². The van der Waals surface area contributed by atoms with Crippen LogP contribution in [0.25, 0.3) is 0 Å². The first-order valence-electron chi connectivity index (χ1n) is 7.41. The molecule has 3 rings (SSSR count). The third-order valence-electron chi connectivity index (χ3n) is 3.60. The average molecular weight is 318 g/mol. The molecule has 1 aliphatic rings. The molecule has 1 fully saturated rings. The maximum atomic E-state index is 11.8. The van der Waals surface area contributed by atoms with Crippen LogP contribution >= 0.6 is 0 Å². The van der Waals surface area contributed by atoms with Crippen molar-refractivity contribution in [3.8, 4) is 0 Å². The molecule has 2 aromatic rings. The number of carbonyl (C=O) groups excluding carboxylic acids is 1. The minimum atomic E-state index is -0.412. The summed E-state index contributed by atoms with van der Waals surface area (Å²) in [7, 11) is 0. The molecular formula is C14H18N6O3. The summed E-state index contributed by atoms with van der Waals surface area (Å²) >= 11 is 0. The van der Waals surface area contributed by atoms with E-state index >= 15 is 0 Å². The fraction of sp³-hybridized carbons (Fsp3) is 0.500. The molecule has 23 heavy (non-hydrogen) atoms. The maximum absolute atomic E-state index is 11.8. The second kappa shape index (κ2) is 6.69. The lowest BCUT2D eigenvalue weighted by atomic mass is 10.2. The predicted molar refractivity (Wildman–Crippen MR) is 80.0 cm³/mol. The standard InChI is InChI=1S/C14H18N6O3/c1-3-23-13(21)10-6-15-14(18-9(10)2)20-4-5-22-7-11(20)12-16-8-17-19-12/h6,8,11H,3-5,7H2,1-2H3,(H,16,17,19). The molecule has 0 bridgehead atoms. The highest BCUT2D eigenvalue weighted by Gasteiger charge is 2.29. The van der Waals surface area contributed by atoms with Crippen LogP contribution in [0.15, 0.2) is 12.5 Å². The van der Waals surface area contributed by atoms with Crippen LogP contribution in [0.4, 0.5) is 5.95 Å². The number of carbonyl (C=O) groups is 1. The SMILES string of the molecule is CCOC(=O)c1cnc(N2CCOCC2c2ncn[nH]2)nc1C. The van der Waals surface area contributed by atoms with E-state index < -0.39 is 5.97 Å². The highest BCUT2D eigenvalue weighted by Crippen LogP contribution is 2.25. The van der Waals surface area contributed by atoms with E-state index in [1.807, 2.05) is 4.90 Å². The molecule has 0 aliphatic carbocycles. The number of anilines is 1. The van der Waals surface area contributed by atoms with Crippen molar-refractivity contribution in [1.29, 1.82) is 0 Å². The Kier molecular flexibility index (Phi) is 4.47. The monoisotopic (exact) mass is 318 g/mol. The van der Waals surface area contributed by atoms with Crippen LogP contribution in [0, 0.1) is 6.92 Å². The minimum Gasteiger partial charge on any atom is -0.462 e. The molecular weight excluding hydrogens is 300 g/mol. The van der Waals surface area contributed by atoms with Gasteiger partial charge in [-0.1, -0.05) is 0 Å². The summed E-state index contributed by atoms with van der Waals surface area (Å²) in [5, 5.41) is 6.74. The van der Waals surface area contributed by atoms with Gasteiger partial charge in [0.05, 0.1) is 31.1 Å². The number of nitrogens with one attached hydrogen (secondary N) is 1. The Bertz CT molecular complexity index is 675. The Hall–Kier alpha value is -2.55.